The van der Waals surface area contributed by atoms with Crippen molar-refractivity contribution in [1.29, 1.82) is 0 Å². The molecule has 6 rings (SSSR count). The van der Waals surface area contributed by atoms with Crippen LogP contribution in [0.5, 0.6) is 11.5 Å². The Hall–Kier alpha value is -3.27. The van der Waals surface area contributed by atoms with Gasteiger partial charge < -0.3 is 19.5 Å². The minimum Gasteiger partial charge on any atom is -0.493 e. The van der Waals surface area contributed by atoms with Gasteiger partial charge in [0.15, 0.2) is 11.5 Å². The van der Waals surface area contributed by atoms with Crippen molar-refractivity contribution in [3.05, 3.63) is 70.8 Å². The summed E-state index contributed by atoms with van der Waals surface area (Å²) in [7, 11) is 1.67. The first-order valence-electron chi connectivity index (χ1n) is 15.0. The van der Waals surface area contributed by atoms with Crippen LogP contribution < -0.4 is 9.47 Å². The Bertz CT molecular complexity index is 1450. The second-order valence-corrected chi connectivity index (χ2v) is 12.8. The second kappa shape index (κ2) is 10.2. The number of ether oxygens (including phenoxy) is 2. The number of methoxy groups -OCH3 is 1. The Morgan fingerprint density at radius 1 is 1.27 bits per heavy atom. The summed E-state index contributed by atoms with van der Waals surface area (Å²) in [6, 6.07) is 9.93. The van der Waals surface area contributed by atoms with Crippen LogP contribution in [0.4, 0.5) is 0 Å². The SMILES string of the molecule is C=CCN1CC[C@]23c4c5ccc(OC)c4O[C@H]2[C@H](N(CC(C)C)C(=O)C#Cc2ccc(C)c(C)c2)CC[C@@]3(O)[C@H]1C5. The zero-order valence-electron chi connectivity index (χ0n) is 25.0. The molecule has 2 bridgehead atoms. The molecule has 4 aliphatic rings. The third-order valence-corrected chi connectivity index (χ3v) is 10.2. The lowest BCUT2D eigenvalue weighted by Crippen LogP contribution is -2.78. The Morgan fingerprint density at radius 3 is 2.78 bits per heavy atom. The number of benzene rings is 2. The highest BCUT2D eigenvalue weighted by atomic mass is 16.5. The van der Waals surface area contributed by atoms with E-state index < -0.39 is 11.0 Å². The van der Waals surface area contributed by atoms with Gasteiger partial charge in [0, 0.05) is 36.2 Å². The van der Waals surface area contributed by atoms with Gasteiger partial charge in [-0.1, -0.05) is 38.0 Å². The lowest BCUT2D eigenvalue weighted by molar-refractivity contribution is -0.199. The van der Waals surface area contributed by atoms with E-state index in [1.165, 1.54) is 11.1 Å². The molecule has 2 heterocycles. The maximum absolute atomic E-state index is 13.9. The zero-order valence-corrected chi connectivity index (χ0v) is 25.0. The van der Waals surface area contributed by atoms with Gasteiger partial charge in [0.2, 0.25) is 0 Å². The van der Waals surface area contributed by atoms with E-state index in [9.17, 15) is 9.90 Å². The van der Waals surface area contributed by atoms with Crippen molar-refractivity contribution in [3.8, 4) is 23.3 Å². The summed E-state index contributed by atoms with van der Waals surface area (Å²) in [6.45, 7) is 14.5. The van der Waals surface area contributed by atoms with Crippen LogP contribution in [-0.4, -0.2) is 71.3 Å². The van der Waals surface area contributed by atoms with Gasteiger partial charge in [-0.15, -0.1) is 6.58 Å². The summed E-state index contributed by atoms with van der Waals surface area (Å²) < 4.78 is 12.7. The number of carbonyl (C=O) groups is 1. The Morgan fingerprint density at radius 2 is 2.07 bits per heavy atom. The van der Waals surface area contributed by atoms with Gasteiger partial charge in [0.05, 0.1) is 24.2 Å². The van der Waals surface area contributed by atoms with Crippen molar-refractivity contribution in [2.75, 3.05) is 26.7 Å². The zero-order chi connectivity index (χ0) is 29.1. The van der Waals surface area contributed by atoms with E-state index in [1.54, 1.807) is 7.11 Å². The number of piperidine rings is 1. The second-order valence-electron chi connectivity index (χ2n) is 12.8. The van der Waals surface area contributed by atoms with E-state index in [0.29, 0.717) is 25.1 Å². The van der Waals surface area contributed by atoms with Crippen LogP contribution in [0.2, 0.25) is 0 Å². The predicted octanol–water partition coefficient (Wildman–Crippen LogP) is 4.56. The molecular weight excluding hydrogens is 512 g/mol. The van der Waals surface area contributed by atoms with Gasteiger partial charge in [-0.2, -0.15) is 0 Å². The Labute approximate surface area is 244 Å². The van der Waals surface area contributed by atoms with Crippen molar-refractivity contribution in [3.63, 3.8) is 0 Å². The molecule has 41 heavy (non-hydrogen) atoms. The maximum atomic E-state index is 13.9. The molecule has 216 valence electrons. The van der Waals surface area contributed by atoms with Crippen LogP contribution in [0.3, 0.4) is 0 Å². The van der Waals surface area contributed by atoms with E-state index in [0.717, 1.165) is 48.4 Å². The lowest BCUT2D eigenvalue weighted by atomic mass is 9.48. The molecule has 2 aromatic carbocycles. The van der Waals surface area contributed by atoms with Crippen LogP contribution >= 0.6 is 0 Å². The van der Waals surface area contributed by atoms with E-state index in [2.05, 4.69) is 57.1 Å². The van der Waals surface area contributed by atoms with Crippen molar-refractivity contribution in [1.82, 2.24) is 9.80 Å². The van der Waals surface area contributed by atoms with Crippen LogP contribution in [0.25, 0.3) is 0 Å². The molecule has 0 aromatic heterocycles. The molecule has 2 aliphatic carbocycles. The molecule has 1 saturated carbocycles. The highest BCUT2D eigenvalue weighted by molar-refractivity contribution is 5.94. The third kappa shape index (κ3) is 4.12. The standard InChI is InChI=1S/C35H42N2O4/c1-7-17-36-18-16-34-31-26-11-12-28(40-6)32(31)41-33(34)27(14-15-35(34,39)29(36)20-26)37(21-22(2)3)30(38)13-10-25-9-8-23(4)24(5)19-25/h7-9,11-12,19,22,27,29,33,39H,1,14-18,20-21H2,2-6H3/t27-,29-,33+,34+,35-/m1/s1. The number of hydrogen-bond acceptors (Lipinski definition) is 5. The Kier molecular flexibility index (Phi) is 6.95. The fourth-order valence-electron chi connectivity index (χ4n) is 8.24. The fourth-order valence-corrected chi connectivity index (χ4v) is 8.24. The smallest absolute Gasteiger partial charge is 0.299 e. The van der Waals surface area contributed by atoms with E-state index >= 15 is 0 Å². The maximum Gasteiger partial charge on any atom is 0.299 e. The number of likely N-dealkylation sites (tertiary alicyclic amines) is 1. The number of aliphatic hydroxyl groups is 1. The number of rotatable bonds is 6. The van der Waals surface area contributed by atoms with Crippen LogP contribution in [0.15, 0.2) is 43.0 Å². The van der Waals surface area contributed by atoms with Gasteiger partial charge >= 0.3 is 0 Å². The monoisotopic (exact) mass is 554 g/mol. The van der Waals surface area contributed by atoms with Gasteiger partial charge in [-0.25, -0.2) is 0 Å². The van der Waals surface area contributed by atoms with Crippen LogP contribution in [-0.2, 0) is 16.6 Å². The molecule has 2 aromatic rings. The van der Waals surface area contributed by atoms with Gasteiger partial charge in [-0.3, -0.25) is 9.69 Å². The first-order valence-corrected chi connectivity index (χ1v) is 15.0. The molecular formula is C35H42N2O4. The number of nitrogens with zero attached hydrogens (tertiary/aromatic N) is 2. The van der Waals surface area contributed by atoms with E-state index in [-0.39, 0.29) is 30.0 Å². The lowest BCUT2D eigenvalue weighted by Gasteiger charge is -2.64. The molecule has 0 unspecified atom stereocenters. The van der Waals surface area contributed by atoms with Crippen molar-refractivity contribution in [2.45, 2.75) is 82.6 Å². The normalized spacial score (nSPS) is 29.2. The number of carbonyl (C=O) groups excluding carboxylic acids is 1. The van der Waals surface area contributed by atoms with Crippen LogP contribution in [0.1, 0.15) is 60.9 Å². The molecule has 1 N–H and O–H groups in total. The Balaban J connectivity index is 1.43. The highest BCUT2D eigenvalue weighted by Gasteiger charge is 2.73. The molecule has 6 nitrogen and oxygen atoms in total. The molecule has 1 saturated heterocycles. The molecule has 0 radical (unpaired) electrons. The highest BCUT2D eigenvalue weighted by Crippen LogP contribution is 2.66. The molecule has 2 fully saturated rings. The van der Waals surface area contributed by atoms with E-state index in [4.69, 9.17) is 9.47 Å². The third-order valence-electron chi connectivity index (χ3n) is 10.2. The summed E-state index contributed by atoms with van der Waals surface area (Å²) in [5.74, 6) is 7.60. The summed E-state index contributed by atoms with van der Waals surface area (Å²) in [6.07, 6.45) is 4.30. The average Bonchev–Trinajstić information content (AvgIpc) is 3.29. The number of amides is 1. The molecule has 5 atom stereocenters. The predicted molar refractivity (Wildman–Crippen MR) is 160 cm³/mol. The largest absolute Gasteiger partial charge is 0.493 e. The van der Waals surface area contributed by atoms with Gasteiger partial charge in [0.1, 0.15) is 6.10 Å². The van der Waals surface area contributed by atoms with Gasteiger partial charge in [0.25, 0.3) is 5.91 Å². The summed E-state index contributed by atoms with van der Waals surface area (Å²) >= 11 is 0. The van der Waals surface area contributed by atoms with Crippen LogP contribution in [0, 0.1) is 31.6 Å². The molecule has 6 heteroatoms. The summed E-state index contributed by atoms with van der Waals surface area (Å²) in [5, 5.41) is 12.8. The first kappa shape index (κ1) is 27.9. The average molecular weight is 555 g/mol. The quantitative estimate of drug-likeness (QED) is 0.419. The number of aryl methyl sites for hydroxylation is 2. The van der Waals surface area contributed by atoms with Crippen molar-refractivity contribution < 1.29 is 19.4 Å². The molecule has 1 amide bonds. The fraction of sp³-hybridized carbons (Fsp3) is 0.514. The van der Waals surface area contributed by atoms with Gasteiger partial charge in [-0.05, 0) is 86.9 Å². The topological polar surface area (TPSA) is 62.2 Å². The van der Waals surface area contributed by atoms with E-state index in [1.807, 2.05) is 35.2 Å². The summed E-state index contributed by atoms with van der Waals surface area (Å²) in [4.78, 5) is 18.3. The molecule has 2 aliphatic heterocycles. The van der Waals surface area contributed by atoms with Crippen molar-refractivity contribution in [2.24, 2.45) is 5.92 Å². The first-order chi connectivity index (χ1) is 19.6. The molecule has 1 spiro atoms. The minimum absolute atomic E-state index is 0.0352. The number of hydrogen-bond donors (Lipinski definition) is 1. The van der Waals surface area contributed by atoms with Crippen molar-refractivity contribution >= 4 is 5.91 Å². The minimum atomic E-state index is -0.975. The summed E-state index contributed by atoms with van der Waals surface area (Å²) in [5.41, 5.74) is 3.92.